The van der Waals surface area contributed by atoms with Crippen LogP contribution in [0.1, 0.15) is 20.7 Å². The first-order valence-electron chi connectivity index (χ1n) is 6.64. The molecule has 0 aliphatic heterocycles. The van der Waals surface area contributed by atoms with E-state index in [1.807, 2.05) is 18.2 Å². The third-order valence-electron chi connectivity index (χ3n) is 3.74. The Balaban J connectivity index is 1.99. The highest BCUT2D eigenvalue weighted by molar-refractivity contribution is 6.17. The Hall–Kier alpha value is -2.42. The van der Waals surface area contributed by atoms with Crippen LogP contribution in [-0.2, 0) is 0 Å². The van der Waals surface area contributed by atoms with Crippen LogP contribution in [0.5, 0.6) is 0 Å². The SMILES string of the molecule is C=CCNC1=CC2C(=O)c3ccccc3C(=O)C2C=C1. The van der Waals surface area contributed by atoms with Crippen LogP contribution < -0.4 is 5.32 Å². The minimum absolute atomic E-state index is 0.0208. The lowest BCUT2D eigenvalue weighted by Gasteiger charge is -2.29. The summed E-state index contributed by atoms with van der Waals surface area (Å²) in [6, 6.07) is 7.05. The third kappa shape index (κ3) is 1.92. The molecule has 0 fully saturated rings. The summed E-state index contributed by atoms with van der Waals surface area (Å²) in [4.78, 5) is 25.0. The highest BCUT2D eigenvalue weighted by Crippen LogP contribution is 2.34. The van der Waals surface area contributed by atoms with Crippen molar-refractivity contribution in [3.05, 3.63) is 72.0 Å². The molecule has 0 heterocycles. The van der Waals surface area contributed by atoms with Crippen molar-refractivity contribution in [3.63, 3.8) is 0 Å². The van der Waals surface area contributed by atoms with Crippen molar-refractivity contribution in [2.75, 3.05) is 6.54 Å². The molecule has 0 bridgehead atoms. The molecule has 0 saturated heterocycles. The van der Waals surface area contributed by atoms with Crippen molar-refractivity contribution < 1.29 is 9.59 Å². The van der Waals surface area contributed by atoms with Crippen molar-refractivity contribution in [3.8, 4) is 0 Å². The van der Waals surface area contributed by atoms with Crippen LogP contribution in [0.15, 0.2) is 60.8 Å². The molecule has 0 aromatic heterocycles. The molecule has 3 nitrogen and oxygen atoms in total. The molecule has 0 spiro atoms. The molecule has 0 amide bonds. The Labute approximate surface area is 117 Å². The number of allylic oxidation sites excluding steroid dienone is 3. The van der Waals surface area contributed by atoms with Gasteiger partial charge in [-0.1, -0.05) is 36.4 Å². The van der Waals surface area contributed by atoms with Gasteiger partial charge in [-0.05, 0) is 12.2 Å². The zero-order chi connectivity index (χ0) is 14.1. The van der Waals surface area contributed by atoms with Crippen molar-refractivity contribution in [1.29, 1.82) is 0 Å². The van der Waals surface area contributed by atoms with E-state index in [0.29, 0.717) is 17.7 Å². The average molecular weight is 265 g/mol. The van der Waals surface area contributed by atoms with Gasteiger partial charge in [0.1, 0.15) is 0 Å². The summed E-state index contributed by atoms with van der Waals surface area (Å²) in [6.45, 7) is 4.28. The molecule has 0 radical (unpaired) electrons. The first-order chi connectivity index (χ1) is 9.72. The van der Waals surface area contributed by atoms with Crippen LogP contribution in [0.3, 0.4) is 0 Å². The van der Waals surface area contributed by atoms with E-state index in [4.69, 9.17) is 0 Å². The predicted octanol–water partition coefficient (Wildman–Crippen LogP) is 2.53. The highest BCUT2D eigenvalue weighted by Gasteiger charge is 2.39. The normalized spacial score (nSPS) is 23.7. The average Bonchev–Trinajstić information content (AvgIpc) is 2.50. The largest absolute Gasteiger partial charge is 0.382 e. The number of ketones is 2. The summed E-state index contributed by atoms with van der Waals surface area (Å²) in [6.07, 6.45) is 7.30. The second-order valence-electron chi connectivity index (χ2n) is 4.98. The van der Waals surface area contributed by atoms with Gasteiger partial charge in [0.05, 0.1) is 11.8 Å². The number of hydrogen-bond acceptors (Lipinski definition) is 3. The molecular weight excluding hydrogens is 250 g/mol. The van der Waals surface area contributed by atoms with E-state index in [1.165, 1.54) is 0 Å². The molecule has 1 aromatic carbocycles. The van der Waals surface area contributed by atoms with Crippen LogP contribution in [-0.4, -0.2) is 18.1 Å². The maximum absolute atomic E-state index is 12.5. The van der Waals surface area contributed by atoms with Gasteiger partial charge in [-0.3, -0.25) is 9.59 Å². The standard InChI is InChI=1S/C17H15NO2/c1-2-9-18-11-7-8-14-15(10-11)17(20)13-6-4-3-5-12(13)16(14)19/h2-8,10,14-15,18H,1,9H2. The summed E-state index contributed by atoms with van der Waals surface area (Å²) in [7, 11) is 0. The molecular formula is C17H15NO2. The number of rotatable bonds is 3. The van der Waals surface area contributed by atoms with Crippen LogP contribution in [0.2, 0.25) is 0 Å². The van der Waals surface area contributed by atoms with Gasteiger partial charge in [0, 0.05) is 23.4 Å². The van der Waals surface area contributed by atoms with E-state index in [1.54, 1.807) is 30.3 Å². The molecule has 20 heavy (non-hydrogen) atoms. The van der Waals surface area contributed by atoms with E-state index in [-0.39, 0.29) is 17.5 Å². The molecule has 3 heteroatoms. The Kier molecular flexibility index (Phi) is 3.11. The lowest BCUT2D eigenvalue weighted by molar-refractivity contribution is 0.0800. The summed E-state index contributed by atoms with van der Waals surface area (Å²) in [5.41, 5.74) is 1.94. The number of carbonyl (C=O) groups excluding carboxylic acids is 2. The minimum Gasteiger partial charge on any atom is -0.382 e. The summed E-state index contributed by atoms with van der Waals surface area (Å²) >= 11 is 0. The van der Waals surface area contributed by atoms with E-state index >= 15 is 0 Å². The third-order valence-corrected chi connectivity index (χ3v) is 3.74. The van der Waals surface area contributed by atoms with Gasteiger partial charge in [0.15, 0.2) is 11.6 Å². The lowest BCUT2D eigenvalue weighted by atomic mass is 9.72. The fourth-order valence-corrected chi connectivity index (χ4v) is 2.75. The van der Waals surface area contributed by atoms with Crippen LogP contribution >= 0.6 is 0 Å². The first kappa shape index (κ1) is 12.6. The Morgan fingerprint density at radius 1 is 1.10 bits per heavy atom. The number of nitrogens with one attached hydrogen (secondary N) is 1. The van der Waals surface area contributed by atoms with Gasteiger partial charge in [-0.2, -0.15) is 0 Å². The smallest absolute Gasteiger partial charge is 0.171 e. The maximum Gasteiger partial charge on any atom is 0.171 e. The second kappa shape index (κ2) is 4.93. The van der Waals surface area contributed by atoms with E-state index in [9.17, 15) is 9.59 Å². The Morgan fingerprint density at radius 3 is 2.40 bits per heavy atom. The lowest BCUT2D eigenvalue weighted by Crippen LogP contribution is -2.36. The van der Waals surface area contributed by atoms with Crippen LogP contribution in [0.25, 0.3) is 0 Å². The molecule has 2 unspecified atom stereocenters. The molecule has 2 aliphatic rings. The summed E-state index contributed by atoms with van der Waals surface area (Å²) in [5, 5.41) is 3.16. The topological polar surface area (TPSA) is 46.2 Å². The maximum atomic E-state index is 12.5. The van der Waals surface area contributed by atoms with Gasteiger partial charge in [0.25, 0.3) is 0 Å². The van der Waals surface area contributed by atoms with Crippen LogP contribution in [0.4, 0.5) is 0 Å². The van der Waals surface area contributed by atoms with Gasteiger partial charge in [-0.15, -0.1) is 6.58 Å². The monoisotopic (exact) mass is 265 g/mol. The summed E-state index contributed by atoms with van der Waals surface area (Å²) in [5.74, 6) is -0.714. The molecule has 0 saturated carbocycles. The number of benzene rings is 1. The fraction of sp³-hybridized carbons (Fsp3) is 0.176. The van der Waals surface area contributed by atoms with Crippen molar-refractivity contribution in [2.24, 2.45) is 11.8 Å². The van der Waals surface area contributed by atoms with Gasteiger partial charge in [-0.25, -0.2) is 0 Å². The van der Waals surface area contributed by atoms with E-state index in [2.05, 4.69) is 11.9 Å². The van der Waals surface area contributed by atoms with Gasteiger partial charge < -0.3 is 5.32 Å². The van der Waals surface area contributed by atoms with E-state index in [0.717, 1.165) is 5.70 Å². The molecule has 1 N–H and O–H groups in total. The molecule has 100 valence electrons. The minimum atomic E-state index is -0.394. The number of fused-ring (bicyclic) bond motifs is 2. The number of carbonyl (C=O) groups is 2. The molecule has 2 atom stereocenters. The zero-order valence-electron chi connectivity index (χ0n) is 11.0. The number of Topliss-reactive ketones (excluding diaryl/α,β-unsaturated/α-hetero) is 2. The Morgan fingerprint density at radius 2 is 1.75 bits per heavy atom. The summed E-state index contributed by atoms with van der Waals surface area (Å²) < 4.78 is 0. The van der Waals surface area contributed by atoms with Crippen molar-refractivity contribution >= 4 is 11.6 Å². The molecule has 3 rings (SSSR count). The highest BCUT2D eigenvalue weighted by atomic mass is 16.1. The zero-order valence-corrected chi connectivity index (χ0v) is 11.0. The quantitative estimate of drug-likeness (QED) is 0.854. The predicted molar refractivity (Wildman–Crippen MR) is 77.5 cm³/mol. The van der Waals surface area contributed by atoms with Crippen molar-refractivity contribution in [2.45, 2.75) is 0 Å². The first-order valence-corrected chi connectivity index (χ1v) is 6.64. The molecule has 2 aliphatic carbocycles. The van der Waals surface area contributed by atoms with Crippen molar-refractivity contribution in [1.82, 2.24) is 5.32 Å². The van der Waals surface area contributed by atoms with Crippen LogP contribution in [0, 0.1) is 11.8 Å². The fourth-order valence-electron chi connectivity index (χ4n) is 2.75. The second-order valence-corrected chi connectivity index (χ2v) is 4.98. The Bertz CT molecular complexity index is 655. The molecule has 1 aromatic rings. The van der Waals surface area contributed by atoms with Gasteiger partial charge in [0.2, 0.25) is 0 Å². The van der Waals surface area contributed by atoms with E-state index < -0.39 is 5.92 Å². The number of hydrogen-bond donors (Lipinski definition) is 1. The van der Waals surface area contributed by atoms with Gasteiger partial charge >= 0.3 is 0 Å².